The van der Waals surface area contributed by atoms with E-state index in [1.54, 1.807) is 18.9 Å². The van der Waals surface area contributed by atoms with Crippen molar-refractivity contribution in [1.29, 1.82) is 0 Å². The van der Waals surface area contributed by atoms with Gasteiger partial charge in [0.2, 0.25) is 5.91 Å². The smallest absolute Gasteiger partial charge is 0.248 e. The first kappa shape index (κ1) is 19.0. The maximum atomic E-state index is 12.0. The summed E-state index contributed by atoms with van der Waals surface area (Å²) in [4.78, 5) is 13.6. The first-order valence-electron chi connectivity index (χ1n) is 9.26. The molecule has 1 aromatic carbocycles. The molecule has 0 spiro atoms. The fraction of sp³-hybridized carbons (Fsp3) is 0.650. The van der Waals surface area contributed by atoms with Crippen LogP contribution in [0.3, 0.4) is 0 Å². The molecule has 26 heavy (non-hydrogen) atoms. The maximum absolute atomic E-state index is 12.0. The van der Waals surface area contributed by atoms with Crippen LogP contribution in [0.1, 0.15) is 38.2 Å². The fourth-order valence-corrected chi connectivity index (χ4v) is 3.73. The molecule has 1 saturated carbocycles. The van der Waals surface area contributed by atoms with Crippen molar-refractivity contribution in [1.82, 2.24) is 4.90 Å². The molecule has 3 rings (SSSR count). The van der Waals surface area contributed by atoms with Gasteiger partial charge in [-0.05, 0) is 43.4 Å². The Hall–Kier alpha value is -1.79. The molecule has 1 amide bonds. The summed E-state index contributed by atoms with van der Waals surface area (Å²) in [5.41, 5.74) is 0.515. The lowest BCUT2D eigenvalue weighted by molar-refractivity contribution is -0.133. The first-order chi connectivity index (χ1) is 12.4. The van der Waals surface area contributed by atoms with E-state index >= 15 is 0 Å². The fourth-order valence-electron chi connectivity index (χ4n) is 3.73. The molecule has 0 bridgehead atoms. The molecule has 0 aromatic heterocycles. The highest BCUT2D eigenvalue weighted by Crippen LogP contribution is 2.47. The van der Waals surface area contributed by atoms with Crippen molar-refractivity contribution in [3.63, 3.8) is 0 Å². The highest BCUT2D eigenvalue weighted by molar-refractivity contribution is 5.77. The Morgan fingerprint density at radius 3 is 2.69 bits per heavy atom. The number of hydrogen-bond donors (Lipinski definition) is 2. The summed E-state index contributed by atoms with van der Waals surface area (Å²) >= 11 is 0. The Bertz CT molecular complexity index is 658. The van der Waals surface area contributed by atoms with Crippen LogP contribution in [-0.2, 0) is 4.79 Å². The van der Waals surface area contributed by atoms with Crippen LogP contribution >= 0.6 is 0 Å². The Balaban J connectivity index is 1.89. The lowest BCUT2D eigenvalue weighted by atomic mass is 9.72. The van der Waals surface area contributed by atoms with E-state index in [2.05, 4.69) is 0 Å². The number of aliphatic hydroxyl groups is 2. The van der Waals surface area contributed by atoms with Gasteiger partial charge in [0.05, 0.1) is 19.8 Å². The summed E-state index contributed by atoms with van der Waals surface area (Å²) in [6.07, 6.45) is 1.83. The monoisotopic (exact) mass is 363 g/mol. The van der Waals surface area contributed by atoms with E-state index in [1.165, 1.54) is 12.8 Å². The largest absolute Gasteiger partial charge is 0.493 e. The lowest BCUT2D eigenvalue weighted by Crippen LogP contribution is -2.38. The molecule has 3 unspecified atom stereocenters. The van der Waals surface area contributed by atoms with Crippen molar-refractivity contribution < 1.29 is 24.5 Å². The third kappa shape index (κ3) is 3.67. The van der Waals surface area contributed by atoms with E-state index < -0.39 is 18.1 Å². The lowest BCUT2D eigenvalue weighted by Gasteiger charge is -2.33. The number of benzene rings is 1. The van der Waals surface area contributed by atoms with Crippen LogP contribution in [0.5, 0.6) is 11.5 Å². The summed E-state index contributed by atoms with van der Waals surface area (Å²) in [5, 5.41) is 19.6. The Kier molecular flexibility index (Phi) is 5.44. The zero-order valence-corrected chi connectivity index (χ0v) is 15.8. The van der Waals surface area contributed by atoms with E-state index in [1.807, 2.05) is 25.1 Å². The molecule has 6 heteroatoms. The van der Waals surface area contributed by atoms with Crippen LogP contribution in [-0.4, -0.2) is 60.5 Å². The summed E-state index contributed by atoms with van der Waals surface area (Å²) in [5.74, 6) is 1.67. The highest BCUT2D eigenvalue weighted by Gasteiger charge is 2.48. The van der Waals surface area contributed by atoms with Gasteiger partial charge in [-0.15, -0.1) is 0 Å². The summed E-state index contributed by atoms with van der Waals surface area (Å²) < 4.78 is 11.4. The molecule has 3 atom stereocenters. The van der Waals surface area contributed by atoms with E-state index in [0.717, 1.165) is 5.56 Å². The summed E-state index contributed by atoms with van der Waals surface area (Å²) in [6, 6.07) is 5.83. The number of carbonyl (C=O) groups is 1. The second-order valence-electron chi connectivity index (χ2n) is 7.83. The normalized spacial score (nSPS) is 26.7. The molecule has 2 fully saturated rings. The number of carbonyl (C=O) groups excluding carboxylic acids is 1. The van der Waals surface area contributed by atoms with Gasteiger partial charge in [0.25, 0.3) is 0 Å². The number of amides is 1. The third-order valence-corrected chi connectivity index (χ3v) is 5.93. The number of nitrogens with zero attached hydrogens (tertiary/aromatic N) is 1. The highest BCUT2D eigenvalue weighted by atomic mass is 16.5. The minimum atomic E-state index is -0.595. The Morgan fingerprint density at radius 2 is 2.12 bits per heavy atom. The minimum absolute atomic E-state index is 0.0489. The standard InChI is InChI=1S/C20H29NO5/c1-13(23)20(2)12-21(19(24)10-22)9-16(20)15-6-7-17(25-3)18(8-15)26-11-14-4-5-14/h6-8,13-14,16,22-23H,4-5,9-12H2,1-3H3. The van der Waals surface area contributed by atoms with Crippen molar-refractivity contribution in [2.45, 2.75) is 38.7 Å². The molecule has 6 nitrogen and oxygen atoms in total. The van der Waals surface area contributed by atoms with Gasteiger partial charge in [-0.1, -0.05) is 13.0 Å². The predicted molar refractivity (Wildman–Crippen MR) is 97.4 cm³/mol. The van der Waals surface area contributed by atoms with Gasteiger partial charge < -0.3 is 24.6 Å². The average molecular weight is 363 g/mol. The molecule has 1 saturated heterocycles. The molecule has 144 valence electrons. The molecular formula is C20H29NO5. The van der Waals surface area contributed by atoms with Crippen LogP contribution in [0, 0.1) is 11.3 Å². The zero-order chi connectivity index (χ0) is 18.9. The molecule has 1 aliphatic carbocycles. The van der Waals surface area contributed by atoms with Crippen LogP contribution < -0.4 is 9.47 Å². The van der Waals surface area contributed by atoms with Gasteiger partial charge >= 0.3 is 0 Å². The van der Waals surface area contributed by atoms with Crippen LogP contribution in [0.15, 0.2) is 18.2 Å². The van der Waals surface area contributed by atoms with Crippen LogP contribution in [0.25, 0.3) is 0 Å². The molecule has 0 radical (unpaired) electrons. The van der Waals surface area contributed by atoms with E-state index in [0.29, 0.717) is 37.1 Å². The van der Waals surface area contributed by atoms with Gasteiger partial charge in [0.15, 0.2) is 11.5 Å². The molecule has 2 N–H and O–H groups in total. The predicted octanol–water partition coefficient (Wildman–Crippen LogP) is 1.79. The van der Waals surface area contributed by atoms with Crippen LogP contribution in [0.2, 0.25) is 0 Å². The first-order valence-corrected chi connectivity index (χ1v) is 9.26. The number of rotatable bonds is 7. The summed E-state index contributed by atoms with van der Waals surface area (Å²) in [7, 11) is 1.62. The van der Waals surface area contributed by atoms with Gasteiger partial charge in [0.1, 0.15) is 6.61 Å². The van der Waals surface area contributed by atoms with Crippen molar-refractivity contribution in [3.8, 4) is 11.5 Å². The van der Waals surface area contributed by atoms with Gasteiger partial charge in [-0.3, -0.25) is 4.79 Å². The van der Waals surface area contributed by atoms with Crippen LogP contribution in [0.4, 0.5) is 0 Å². The molecule has 1 aliphatic heterocycles. The number of aliphatic hydroxyl groups excluding tert-OH is 2. The van der Waals surface area contributed by atoms with E-state index in [9.17, 15) is 15.0 Å². The van der Waals surface area contributed by atoms with Crippen molar-refractivity contribution in [2.75, 3.05) is 33.4 Å². The second kappa shape index (κ2) is 7.45. The Labute approximate surface area is 154 Å². The SMILES string of the molecule is COc1ccc(C2CN(C(=O)CO)CC2(C)C(C)O)cc1OCC1CC1. The topological polar surface area (TPSA) is 79.2 Å². The maximum Gasteiger partial charge on any atom is 0.248 e. The van der Waals surface area contributed by atoms with Gasteiger partial charge in [-0.2, -0.15) is 0 Å². The molecule has 1 heterocycles. The van der Waals surface area contributed by atoms with Crippen molar-refractivity contribution >= 4 is 5.91 Å². The molecule has 1 aromatic rings. The average Bonchev–Trinajstić information content (AvgIpc) is 3.40. The molecular weight excluding hydrogens is 334 g/mol. The van der Waals surface area contributed by atoms with E-state index in [-0.39, 0.29) is 11.8 Å². The number of hydrogen-bond acceptors (Lipinski definition) is 5. The number of methoxy groups -OCH3 is 1. The van der Waals surface area contributed by atoms with Crippen molar-refractivity contribution in [3.05, 3.63) is 23.8 Å². The summed E-state index contributed by atoms with van der Waals surface area (Å²) in [6.45, 7) is 4.80. The second-order valence-corrected chi connectivity index (χ2v) is 7.83. The van der Waals surface area contributed by atoms with Gasteiger partial charge in [0, 0.05) is 24.4 Å². The Morgan fingerprint density at radius 1 is 1.38 bits per heavy atom. The van der Waals surface area contributed by atoms with E-state index in [4.69, 9.17) is 9.47 Å². The quantitative estimate of drug-likeness (QED) is 0.772. The minimum Gasteiger partial charge on any atom is -0.493 e. The van der Waals surface area contributed by atoms with Crippen molar-refractivity contribution in [2.24, 2.45) is 11.3 Å². The van der Waals surface area contributed by atoms with Gasteiger partial charge in [-0.25, -0.2) is 0 Å². The number of ether oxygens (including phenoxy) is 2. The number of likely N-dealkylation sites (tertiary alicyclic amines) is 1. The zero-order valence-electron chi connectivity index (χ0n) is 15.8. The molecule has 2 aliphatic rings. The third-order valence-electron chi connectivity index (χ3n) is 5.93.